The molecule has 0 aliphatic heterocycles. The van der Waals surface area contributed by atoms with Crippen molar-refractivity contribution in [3.05, 3.63) is 45.8 Å². The third kappa shape index (κ3) is 5.05. The summed E-state index contributed by atoms with van der Waals surface area (Å²) in [5, 5.41) is 3.08. The predicted octanol–water partition coefficient (Wildman–Crippen LogP) is 3.24. The number of ether oxygens (including phenoxy) is 4. The van der Waals surface area contributed by atoms with Crippen LogP contribution in [0.3, 0.4) is 0 Å². The average Bonchev–Trinajstić information content (AvgIpc) is 3.36. The predicted molar refractivity (Wildman–Crippen MR) is 116 cm³/mol. The topological polar surface area (TPSA) is 100 Å². The van der Waals surface area contributed by atoms with E-state index in [9.17, 15) is 14.4 Å². The van der Waals surface area contributed by atoms with Crippen molar-refractivity contribution in [1.29, 1.82) is 0 Å². The first-order valence-electron chi connectivity index (χ1n) is 9.57. The molecular formula is C22H23NO7S. The van der Waals surface area contributed by atoms with Gasteiger partial charge in [-0.2, -0.15) is 0 Å². The first kappa shape index (κ1) is 22.4. The molecule has 3 rings (SSSR count). The van der Waals surface area contributed by atoms with Gasteiger partial charge in [0.2, 0.25) is 0 Å². The number of esters is 2. The number of benzene rings is 1. The Hall–Kier alpha value is -3.33. The van der Waals surface area contributed by atoms with Crippen LogP contribution in [0, 0.1) is 0 Å². The SMILES string of the molecule is COC(=O)c1c(NC(=O)COC(=O)C=Cc2cccc(OC)c2OC)sc2c1CCC2. The minimum Gasteiger partial charge on any atom is -0.493 e. The summed E-state index contributed by atoms with van der Waals surface area (Å²) in [5.41, 5.74) is 1.95. The van der Waals surface area contributed by atoms with Crippen molar-refractivity contribution in [2.24, 2.45) is 0 Å². The Bertz CT molecular complexity index is 1030. The fourth-order valence-corrected chi connectivity index (χ4v) is 4.65. The smallest absolute Gasteiger partial charge is 0.341 e. The second-order valence-corrected chi connectivity index (χ2v) is 7.73. The molecule has 8 nitrogen and oxygen atoms in total. The van der Waals surface area contributed by atoms with Gasteiger partial charge in [0.05, 0.1) is 26.9 Å². The van der Waals surface area contributed by atoms with Crippen molar-refractivity contribution < 1.29 is 33.3 Å². The second-order valence-electron chi connectivity index (χ2n) is 6.63. The first-order chi connectivity index (χ1) is 15.0. The van der Waals surface area contributed by atoms with Crippen molar-refractivity contribution >= 4 is 40.3 Å². The van der Waals surface area contributed by atoms with Gasteiger partial charge >= 0.3 is 11.9 Å². The lowest BCUT2D eigenvalue weighted by Crippen LogP contribution is -2.21. The van der Waals surface area contributed by atoms with Gasteiger partial charge in [-0.3, -0.25) is 4.79 Å². The number of aryl methyl sites for hydroxylation is 1. The van der Waals surface area contributed by atoms with Crippen molar-refractivity contribution in [1.82, 2.24) is 0 Å². The standard InChI is InChI=1S/C22H23NO7S/c1-27-15-8-4-6-13(20(15)28-2)10-11-18(25)30-12-17(24)23-21-19(22(26)29-3)14-7-5-9-16(14)31-21/h4,6,8,10-11H,5,7,9,12H2,1-3H3,(H,23,24). The highest BCUT2D eigenvalue weighted by Crippen LogP contribution is 2.39. The molecule has 0 bridgehead atoms. The molecule has 1 heterocycles. The first-order valence-corrected chi connectivity index (χ1v) is 10.4. The van der Waals surface area contributed by atoms with Gasteiger partial charge in [0.25, 0.3) is 5.91 Å². The fraction of sp³-hybridized carbons (Fsp3) is 0.318. The third-order valence-electron chi connectivity index (χ3n) is 4.74. The molecule has 0 saturated heterocycles. The Morgan fingerprint density at radius 1 is 1.13 bits per heavy atom. The number of methoxy groups -OCH3 is 3. The van der Waals surface area contributed by atoms with Crippen LogP contribution in [0.5, 0.6) is 11.5 Å². The molecule has 2 aromatic rings. The van der Waals surface area contributed by atoms with Gasteiger partial charge in [0.15, 0.2) is 18.1 Å². The molecule has 0 fully saturated rings. The van der Waals surface area contributed by atoms with Crippen LogP contribution in [0.15, 0.2) is 24.3 Å². The molecule has 1 aliphatic rings. The van der Waals surface area contributed by atoms with E-state index in [2.05, 4.69) is 5.32 Å². The normalized spacial score (nSPS) is 12.4. The lowest BCUT2D eigenvalue weighted by molar-refractivity contribution is -0.142. The van der Waals surface area contributed by atoms with Gasteiger partial charge in [0.1, 0.15) is 5.00 Å². The minimum absolute atomic E-state index is 0.393. The number of hydrogen-bond donors (Lipinski definition) is 1. The highest BCUT2D eigenvalue weighted by Gasteiger charge is 2.28. The number of nitrogens with one attached hydrogen (secondary N) is 1. The molecule has 0 radical (unpaired) electrons. The molecule has 0 saturated carbocycles. The highest BCUT2D eigenvalue weighted by molar-refractivity contribution is 7.17. The Kier molecular flexibility index (Phi) is 7.30. The van der Waals surface area contributed by atoms with Crippen LogP contribution in [-0.4, -0.2) is 45.8 Å². The van der Waals surface area contributed by atoms with E-state index >= 15 is 0 Å². The lowest BCUT2D eigenvalue weighted by atomic mass is 10.1. The highest BCUT2D eigenvalue weighted by atomic mass is 32.1. The Morgan fingerprint density at radius 2 is 1.94 bits per heavy atom. The van der Waals surface area contributed by atoms with Crippen LogP contribution in [0.2, 0.25) is 0 Å². The van der Waals surface area contributed by atoms with E-state index in [0.717, 1.165) is 29.7 Å². The van der Waals surface area contributed by atoms with Crippen LogP contribution >= 0.6 is 11.3 Å². The van der Waals surface area contributed by atoms with Crippen molar-refractivity contribution in [3.63, 3.8) is 0 Å². The maximum absolute atomic E-state index is 12.3. The van der Waals surface area contributed by atoms with E-state index in [1.54, 1.807) is 18.2 Å². The summed E-state index contributed by atoms with van der Waals surface area (Å²) in [4.78, 5) is 37.5. The van der Waals surface area contributed by atoms with Crippen LogP contribution in [0.25, 0.3) is 6.08 Å². The van der Waals surface area contributed by atoms with E-state index in [-0.39, 0.29) is 0 Å². The van der Waals surface area contributed by atoms with Gasteiger partial charge in [0, 0.05) is 16.5 Å². The van der Waals surface area contributed by atoms with Crippen LogP contribution < -0.4 is 14.8 Å². The van der Waals surface area contributed by atoms with E-state index < -0.39 is 24.5 Å². The number of anilines is 1. The largest absolute Gasteiger partial charge is 0.493 e. The summed E-state index contributed by atoms with van der Waals surface area (Å²) in [7, 11) is 4.32. The number of carbonyl (C=O) groups is 3. The summed E-state index contributed by atoms with van der Waals surface area (Å²) in [6, 6.07) is 5.25. The average molecular weight is 445 g/mol. The number of hydrogen-bond acceptors (Lipinski definition) is 8. The molecule has 31 heavy (non-hydrogen) atoms. The number of thiophene rings is 1. The fourth-order valence-electron chi connectivity index (χ4n) is 3.36. The molecule has 0 spiro atoms. The van der Waals surface area contributed by atoms with E-state index in [1.807, 2.05) is 0 Å². The summed E-state index contributed by atoms with van der Waals surface area (Å²) in [6.45, 7) is -0.485. The molecule has 0 unspecified atom stereocenters. The number of rotatable bonds is 8. The zero-order valence-electron chi connectivity index (χ0n) is 17.5. The summed E-state index contributed by atoms with van der Waals surface area (Å²) >= 11 is 1.36. The molecular weight excluding hydrogens is 422 g/mol. The summed E-state index contributed by atoms with van der Waals surface area (Å²) in [5.74, 6) is -0.705. The maximum Gasteiger partial charge on any atom is 0.341 e. The van der Waals surface area contributed by atoms with Gasteiger partial charge in [-0.15, -0.1) is 11.3 Å². The quantitative estimate of drug-likeness (QED) is 0.492. The van der Waals surface area contributed by atoms with Gasteiger partial charge in [-0.05, 0) is 37.0 Å². The minimum atomic E-state index is -0.693. The number of fused-ring (bicyclic) bond motifs is 1. The monoisotopic (exact) mass is 445 g/mol. The molecule has 1 aromatic carbocycles. The van der Waals surface area contributed by atoms with E-state index in [0.29, 0.717) is 27.6 Å². The summed E-state index contributed by atoms with van der Waals surface area (Å²) in [6.07, 6.45) is 5.33. The lowest BCUT2D eigenvalue weighted by Gasteiger charge is -2.09. The van der Waals surface area contributed by atoms with Gasteiger partial charge < -0.3 is 24.3 Å². The number of carbonyl (C=O) groups excluding carboxylic acids is 3. The zero-order valence-corrected chi connectivity index (χ0v) is 18.3. The second kappa shape index (κ2) is 10.1. The molecule has 1 N–H and O–H groups in total. The molecule has 1 amide bonds. The molecule has 0 atom stereocenters. The molecule has 1 aromatic heterocycles. The van der Waals surface area contributed by atoms with Crippen molar-refractivity contribution in [3.8, 4) is 11.5 Å². The van der Waals surface area contributed by atoms with Crippen LogP contribution in [0.4, 0.5) is 5.00 Å². The Labute approximate surface area is 183 Å². The maximum atomic E-state index is 12.3. The van der Waals surface area contributed by atoms with Crippen molar-refractivity contribution in [2.45, 2.75) is 19.3 Å². The third-order valence-corrected chi connectivity index (χ3v) is 5.95. The van der Waals surface area contributed by atoms with Crippen LogP contribution in [-0.2, 0) is 31.9 Å². The van der Waals surface area contributed by atoms with Gasteiger partial charge in [-0.1, -0.05) is 12.1 Å². The van der Waals surface area contributed by atoms with E-state index in [4.69, 9.17) is 18.9 Å². The number of para-hydroxylation sites is 1. The molecule has 164 valence electrons. The van der Waals surface area contributed by atoms with Crippen LogP contribution in [0.1, 0.15) is 32.8 Å². The zero-order chi connectivity index (χ0) is 22.4. The van der Waals surface area contributed by atoms with E-state index in [1.165, 1.54) is 44.8 Å². The number of amides is 1. The Balaban J connectivity index is 1.60. The summed E-state index contributed by atoms with van der Waals surface area (Å²) < 4.78 is 20.4. The van der Waals surface area contributed by atoms with Gasteiger partial charge in [-0.25, -0.2) is 9.59 Å². The molecule has 1 aliphatic carbocycles. The molecule has 9 heteroatoms. The Morgan fingerprint density at radius 3 is 2.65 bits per heavy atom. The van der Waals surface area contributed by atoms with Crippen molar-refractivity contribution in [2.75, 3.05) is 33.3 Å².